The van der Waals surface area contributed by atoms with E-state index < -0.39 is 5.97 Å². The first-order valence-electron chi connectivity index (χ1n) is 5.41. The van der Waals surface area contributed by atoms with Gasteiger partial charge in [-0.05, 0) is 6.92 Å². The van der Waals surface area contributed by atoms with Crippen LogP contribution in [0.4, 0.5) is 0 Å². The SMILES string of the molecule is CCOC(=O)c1nnc(SCc2ncc(Cl)n2C)o1. The molecule has 2 rings (SSSR count). The van der Waals surface area contributed by atoms with Crippen molar-refractivity contribution in [2.24, 2.45) is 7.05 Å². The van der Waals surface area contributed by atoms with Gasteiger partial charge >= 0.3 is 11.9 Å². The summed E-state index contributed by atoms with van der Waals surface area (Å²) in [6.07, 6.45) is 1.56. The van der Waals surface area contributed by atoms with E-state index in [0.717, 1.165) is 5.82 Å². The monoisotopic (exact) mass is 302 g/mol. The summed E-state index contributed by atoms with van der Waals surface area (Å²) in [5.74, 6) is 0.503. The lowest BCUT2D eigenvalue weighted by molar-refractivity contribution is 0.0475. The molecule has 0 fully saturated rings. The molecule has 2 aromatic rings. The van der Waals surface area contributed by atoms with Gasteiger partial charge in [0.15, 0.2) is 0 Å². The molecular weight excluding hydrogens is 292 g/mol. The number of esters is 1. The van der Waals surface area contributed by atoms with Gasteiger partial charge in [-0.2, -0.15) is 0 Å². The lowest BCUT2D eigenvalue weighted by atomic mass is 10.7. The first kappa shape index (κ1) is 13.9. The standard InChI is InChI=1S/C10H11ClN4O3S/c1-3-17-9(16)8-13-14-10(18-8)19-5-7-12-4-6(11)15(7)2/h4H,3,5H2,1-2H3. The molecule has 0 atom stereocenters. The van der Waals surface area contributed by atoms with Crippen molar-refractivity contribution in [2.45, 2.75) is 17.9 Å². The summed E-state index contributed by atoms with van der Waals surface area (Å²) < 4.78 is 11.7. The molecule has 0 aliphatic rings. The van der Waals surface area contributed by atoms with Gasteiger partial charge in [-0.3, -0.25) is 0 Å². The molecule has 0 aromatic carbocycles. The second kappa shape index (κ2) is 6.07. The van der Waals surface area contributed by atoms with Crippen LogP contribution in [0.2, 0.25) is 5.15 Å². The number of imidazole rings is 1. The van der Waals surface area contributed by atoms with Gasteiger partial charge in [0.25, 0.3) is 5.22 Å². The quantitative estimate of drug-likeness (QED) is 0.616. The van der Waals surface area contributed by atoms with Crippen molar-refractivity contribution in [1.29, 1.82) is 0 Å². The number of ether oxygens (including phenoxy) is 1. The third-order valence-electron chi connectivity index (χ3n) is 2.21. The van der Waals surface area contributed by atoms with Gasteiger partial charge < -0.3 is 13.7 Å². The molecule has 0 unspecified atom stereocenters. The van der Waals surface area contributed by atoms with Gasteiger partial charge in [0.2, 0.25) is 0 Å². The normalized spacial score (nSPS) is 10.7. The lowest BCUT2D eigenvalue weighted by Crippen LogP contribution is -2.04. The van der Waals surface area contributed by atoms with Crippen LogP contribution in [0.3, 0.4) is 0 Å². The fraction of sp³-hybridized carbons (Fsp3) is 0.400. The number of rotatable bonds is 5. The van der Waals surface area contributed by atoms with E-state index in [1.807, 2.05) is 7.05 Å². The number of hydrogen-bond donors (Lipinski definition) is 0. The van der Waals surface area contributed by atoms with E-state index in [0.29, 0.717) is 10.9 Å². The summed E-state index contributed by atoms with van der Waals surface area (Å²) in [5.41, 5.74) is 0. The van der Waals surface area contributed by atoms with Crippen molar-refractivity contribution in [2.75, 3.05) is 6.61 Å². The molecule has 0 N–H and O–H groups in total. The average molecular weight is 303 g/mol. The Morgan fingerprint density at radius 3 is 3.00 bits per heavy atom. The average Bonchev–Trinajstić information content (AvgIpc) is 2.97. The van der Waals surface area contributed by atoms with Crippen LogP contribution < -0.4 is 0 Å². The number of aromatic nitrogens is 4. The fourth-order valence-electron chi connectivity index (χ4n) is 1.23. The van der Waals surface area contributed by atoms with E-state index in [9.17, 15) is 4.79 Å². The predicted molar refractivity (Wildman–Crippen MR) is 68.0 cm³/mol. The zero-order valence-corrected chi connectivity index (χ0v) is 11.9. The molecule has 0 amide bonds. The van der Waals surface area contributed by atoms with Crippen molar-refractivity contribution in [3.05, 3.63) is 23.1 Å². The Morgan fingerprint density at radius 1 is 1.58 bits per heavy atom. The summed E-state index contributed by atoms with van der Waals surface area (Å²) >= 11 is 7.14. The maximum Gasteiger partial charge on any atom is 0.396 e. The van der Waals surface area contributed by atoms with E-state index >= 15 is 0 Å². The van der Waals surface area contributed by atoms with Gasteiger partial charge in [0.1, 0.15) is 11.0 Å². The van der Waals surface area contributed by atoms with Crippen LogP contribution in [-0.2, 0) is 17.5 Å². The number of thioether (sulfide) groups is 1. The highest BCUT2D eigenvalue weighted by molar-refractivity contribution is 7.98. The number of carbonyl (C=O) groups excluding carboxylic acids is 1. The Bertz CT molecular complexity index is 583. The number of hydrogen-bond acceptors (Lipinski definition) is 7. The van der Waals surface area contributed by atoms with Crippen LogP contribution in [0.25, 0.3) is 0 Å². The maximum absolute atomic E-state index is 11.3. The summed E-state index contributed by atoms with van der Waals surface area (Å²) in [7, 11) is 1.81. The van der Waals surface area contributed by atoms with Crippen molar-refractivity contribution < 1.29 is 13.9 Å². The molecule has 19 heavy (non-hydrogen) atoms. The highest BCUT2D eigenvalue weighted by Crippen LogP contribution is 2.22. The van der Waals surface area contributed by atoms with Gasteiger partial charge in [-0.25, -0.2) is 9.78 Å². The minimum absolute atomic E-state index is 0.151. The van der Waals surface area contributed by atoms with Crippen molar-refractivity contribution >= 4 is 29.3 Å². The Kier molecular flexibility index (Phi) is 4.43. The minimum atomic E-state index is -0.623. The van der Waals surface area contributed by atoms with E-state index in [2.05, 4.69) is 15.2 Å². The van der Waals surface area contributed by atoms with E-state index in [4.69, 9.17) is 20.8 Å². The molecule has 2 aromatic heterocycles. The van der Waals surface area contributed by atoms with Crippen molar-refractivity contribution in [3.63, 3.8) is 0 Å². The Morgan fingerprint density at radius 2 is 2.37 bits per heavy atom. The third kappa shape index (κ3) is 3.27. The molecule has 9 heteroatoms. The molecule has 0 bridgehead atoms. The van der Waals surface area contributed by atoms with Crippen LogP contribution in [0, 0.1) is 0 Å². The molecule has 0 radical (unpaired) electrons. The largest absolute Gasteiger partial charge is 0.459 e. The fourth-order valence-corrected chi connectivity index (χ4v) is 2.13. The zero-order chi connectivity index (χ0) is 13.8. The topological polar surface area (TPSA) is 83.0 Å². The minimum Gasteiger partial charge on any atom is -0.459 e. The Balaban J connectivity index is 1.97. The van der Waals surface area contributed by atoms with E-state index in [1.54, 1.807) is 17.7 Å². The Labute approximate surface area is 118 Å². The highest BCUT2D eigenvalue weighted by atomic mass is 35.5. The lowest BCUT2D eigenvalue weighted by Gasteiger charge is -1.99. The van der Waals surface area contributed by atoms with Gasteiger partial charge in [-0.15, -0.1) is 5.10 Å². The summed E-state index contributed by atoms with van der Waals surface area (Å²) in [4.78, 5) is 15.5. The van der Waals surface area contributed by atoms with Gasteiger partial charge in [0.05, 0.1) is 18.6 Å². The molecule has 2 heterocycles. The second-order valence-electron chi connectivity index (χ2n) is 3.44. The van der Waals surface area contributed by atoms with Crippen LogP contribution in [0.15, 0.2) is 15.8 Å². The maximum atomic E-state index is 11.3. The molecule has 0 saturated heterocycles. The molecule has 0 aliphatic carbocycles. The molecular formula is C10H11ClN4O3S. The first-order chi connectivity index (χ1) is 9.11. The van der Waals surface area contributed by atoms with Crippen LogP contribution >= 0.6 is 23.4 Å². The van der Waals surface area contributed by atoms with E-state index in [1.165, 1.54) is 11.8 Å². The Hall–Kier alpha value is -1.54. The molecule has 0 spiro atoms. The molecule has 0 saturated carbocycles. The zero-order valence-electron chi connectivity index (χ0n) is 10.3. The van der Waals surface area contributed by atoms with Gasteiger partial charge in [-0.1, -0.05) is 28.5 Å². The first-order valence-corrected chi connectivity index (χ1v) is 6.77. The van der Waals surface area contributed by atoms with Crippen molar-refractivity contribution in [1.82, 2.24) is 19.7 Å². The van der Waals surface area contributed by atoms with Crippen LogP contribution in [0.1, 0.15) is 23.4 Å². The van der Waals surface area contributed by atoms with Gasteiger partial charge in [0, 0.05) is 7.05 Å². The number of nitrogens with zero attached hydrogens (tertiary/aromatic N) is 4. The summed E-state index contributed by atoms with van der Waals surface area (Å²) in [6.45, 7) is 1.96. The van der Waals surface area contributed by atoms with Crippen LogP contribution in [-0.4, -0.2) is 32.3 Å². The number of halogens is 1. The van der Waals surface area contributed by atoms with Crippen LogP contribution in [0.5, 0.6) is 0 Å². The molecule has 0 aliphatic heterocycles. The van der Waals surface area contributed by atoms with Crippen molar-refractivity contribution in [3.8, 4) is 0 Å². The summed E-state index contributed by atoms with van der Waals surface area (Å²) in [5, 5.41) is 8.19. The predicted octanol–water partition coefficient (Wildman–Crippen LogP) is 1.93. The molecule has 102 valence electrons. The highest BCUT2D eigenvalue weighted by Gasteiger charge is 2.16. The van der Waals surface area contributed by atoms with E-state index in [-0.39, 0.29) is 17.7 Å². The molecule has 7 nitrogen and oxygen atoms in total. The smallest absolute Gasteiger partial charge is 0.396 e. The third-order valence-corrected chi connectivity index (χ3v) is 3.37. The second-order valence-corrected chi connectivity index (χ2v) is 4.75. The summed E-state index contributed by atoms with van der Waals surface area (Å²) in [6, 6.07) is 0. The number of carbonyl (C=O) groups is 1.